The molecule has 8 nitrogen and oxygen atoms in total. The Balaban J connectivity index is 2.41. The van der Waals surface area contributed by atoms with Crippen molar-refractivity contribution in [2.45, 2.75) is 18.0 Å². The Bertz CT molecular complexity index is 926. The molecule has 10 heteroatoms. The van der Waals surface area contributed by atoms with Crippen molar-refractivity contribution in [1.29, 1.82) is 0 Å². The van der Waals surface area contributed by atoms with Crippen LogP contribution >= 0.6 is 11.3 Å². The summed E-state index contributed by atoms with van der Waals surface area (Å²) >= 11 is 1.34. The fourth-order valence-corrected chi connectivity index (χ4v) is 4.16. The van der Waals surface area contributed by atoms with Crippen LogP contribution in [-0.4, -0.2) is 51.2 Å². The Morgan fingerprint density at radius 2 is 1.74 bits per heavy atom. The van der Waals surface area contributed by atoms with Gasteiger partial charge in [0.25, 0.3) is 0 Å². The van der Waals surface area contributed by atoms with Crippen molar-refractivity contribution in [3.63, 3.8) is 0 Å². The van der Waals surface area contributed by atoms with Crippen LogP contribution in [0.4, 0.5) is 0 Å². The van der Waals surface area contributed by atoms with Gasteiger partial charge in [-0.25, -0.2) is 8.42 Å². The first-order valence-corrected chi connectivity index (χ1v) is 10.7. The standard InChI is InChI=1S/C17H19NO7S2/c1-24-16(20)12(17(21)25-2)6-8-18-13(4-5-14(18)27(3,22)23)15(19)11-7-9-26-10-11/h4-5,7,9-10,12H,6,8H2,1-3H3. The maximum Gasteiger partial charge on any atom is 0.320 e. The Kier molecular flexibility index (Phi) is 6.55. The second kappa shape index (κ2) is 8.49. The molecule has 0 aromatic carbocycles. The zero-order valence-electron chi connectivity index (χ0n) is 15.0. The summed E-state index contributed by atoms with van der Waals surface area (Å²) in [5.74, 6) is -3.15. The largest absolute Gasteiger partial charge is 0.468 e. The molecule has 0 saturated carbocycles. The van der Waals surface area contributed by atoms with Gasteiger partial charge < -0.3 is 14.0 Å². The third-order valence-electron chi connectivity index (χ3n) is 3.95. The molecule has 0 unspecified atom stereocenters. The monoisotopic (exact) mass is 413 g/mol. The third-order valence-corrected chi connectivity index (χ3v) is 5.75. The number of ether oxygens (including phenoxy) is 2. The summed E-state index contributed by atoms with van der Waals surface area (Å²) in [5.41, 5.74) is 0.583. The molecule has 0 saturated heterocycles. The van der Waals surface area contributed by atoms with Crippen LogP contribution in [0.1, 0.15) is 22.5 Å². The number of ketones is 1. The van der Waals surface area contributed by atoms with E-state index in [9.17, 15) is 22.8 Å². The molecule has 2 heterocycles. The highest BCUT2D eigenvalue weighted by Crippen LogP contribution is 2.22. The van der Waals surface area contributed by atoms with Crippen LogP contribution in [0.3, 0.4) is 0 Å². The van der Waals surface area contributed by atoms with E-state index >= 15 is 0 Å². The molecular formula is C17H19NO7S2. The fraction of sp³-hybridized carbons (Fsp3) is 0.353. The highest BCUT2D eigenvalue weighted by Gasteiger charge is 2.30. The summed E-state index contributed by atoms with van der Waals surface area (Å²) in [6.07, 6.45) is 0.941. The van der Waals surface area contributed by atoms with Gasteiger partial charge in [-0.2, -0.15) is 11.3 Å². The number of thiophene rings is 1. The van der Waals surface area contributed by atoms with Gasteiger partial charge in [-0.3, -0.25) is 14.4 Å². The van der Waals surface area contributed by atoms with Gasteiger partial charge in [0, 0.05) is 23.7 Å². The molecule has 0 spiro atoms. The van der Waals surface area contributed by atoms with Gasteiger partial charge in [-0.05, 0) is 30.0 Å². The molecular weight excluding hydrogens is 394 g/mol. The van der Waals surface area contributed by atoms with Crippen molar-refractivity contribution in [1.82, 2.24) is 4.57 Å². The minimum absolute atomic E-state index is 0.0600. The molecule has 2 aromatic heterocycles. The van der Waals surface area contributed by atoms with E-state index in [1.807, 2.05) is 0 Å². The van der Waals surface area contributed by atoms with Gasteiger partial charge in [0.05, 0.1) is 19.9 Å². The lowest BCUT2D eigenvalue weighted by Crippen LogP contribution is -2.28. The third kappa shape index (κ3) is 4.64. The van der Waals surface area contributed by atoms with Gasteiger partial charge in [0.1, 0.15) is 5.03 Å². The Labute approximate surface area is 160 Å². The molecule has 146 valence electrons. The summed E-state index contributed by atoms with van der Waals surface area (Å²) in [6, 6.07) is 4.39. The van der Waals surface area contributed by atoms with Crippen LogP contribution in [0.25, 0.3) is 0 Å². The molecule has 0 atom stereocenters. The molecule has 0 amide bonds. The number of methoxy groups -OCH3 is 2. The average molecular weight is 413 g/mol. The zero-order chi connectivity index (χ0) is 20.2. The predicted molar refractivity (Wildman–Crippen MR) is 97.4 cm³/mol. The molecule has 2 rings (SSSR count). The van der Waals surface area contributed by atoms with Crippen molar-refractivity contribution >= 4 is 38.9 Å². The highest BCUT2D eigenvalue weighted by atomic mass is 32.2. The number of hydrogen-bond donors (Lipinski definition) is 0. The van der Waals surface area contributed by atoms with Crippen LogP contribution in [-0.2, 0) is 35.4 Å². The second-order valence-corrected chi connectivity index (χ2v) is 8.45. The molecule has 27 heavy (non-hydrogen) atoms. The van der Waals surface area contributed by atoms with E-state index in [1.165, 1.54) is 28.0 Å². The van der Waals surface area contributed by atoms with E-state index < -0.39 is 27.7 Å². The number of carbonyl (C=O) groups is 3. The molecule has 0 fully saturated rings. The predicted octanol–water partition coefficient (Wildman–Crippen LogP) is 1.54. The number of sulfone groups is 1. The van der Waals surface area contributed by atoms with Crippen LogP contribution < -0.4 is 0 Å². The Hall–Kier alpha value is -2.46. The maximum atomic E-state index is 12.7. The van der Waals surface area contributed by atoms with Crippen LogP contribution in [0.5, 0.6) is 0 Å². The molecule has 0 aliphatic carbocycles. The van der Waals surface area contributed by atoms with E-state index in [2.05, 4.69) is 9.47 Å². The molecule has 0 N–H and O–H groups in total. The van der Waals surface area contributed by atoms with Gasteiger partial charge in [0.2, 0.25) is 5.78 Å². The Morgan fingerprint density at radius 3 is 2.22 bits per heavy atom. The lowest BCUT2D eigenvalue weighted by molar-refractivity contribution is -0.159. The number of aromatic nitrogens is 1. The number of carbonyl (C=O) groups excluding carboxylic acids is 3. The van der Waals surface area contributed by atoms with Crippen molar-refractivity contribution in [3.05, 3.63) is 40.2 Å². The summed E-state index contributed by atoms with van der Waals surface area (Å²) in [5, 5.41) is 3.32. The molecule has 0 aliphatic heterocycles. The van der Waals surface area contributed by atoms with Crippen LogP contribution in [0, 0.1) is 5.92 Å². The molecule has 0 bridgehead atoms. The number of nitrogens with zero attached hydrogens (tertiary/aromatic N) is 1. The van der Waals surface area contributed by atoms with Gasteiger partial charge >= 0.3 is 11.9 Å². The van der Waals surface area contributed by atoms with E-state index in [0.29, 0.717) is 5.56 Å². The summed E-state index contributed by atoms with van der Waals surface area (Å²) < 4.78 is 34.7. The van der Waals surface area contributed by atoms with Gasteiger partial charge in [-0.1, -0.05) is 0 Å². The van der Waals surface area contributed by atoms with Crippen LogP contribution in [0.2, 0.25) is 0 Å². The SMILES string of the molecule is COC(=O)C(CCn1c(C(=O)c2ccsc2)ccc1S(C)(=O)=O)C(=O)OC. The minimum Gasteiger partial charge on any atom is -0.468 e. The zero-order valence-corrected chi connectivity index (χ0v) is 16.6. The number of hydrogen-bond acceptors (Lipinski definition) is 8. The lowest BCUT2D eigenvalue weighted by atomic mass is 10.1. The summed E-state index contributed by atoms with van der Waals surface area (Å²) in [6.45, 7) is -0.0600. The lowest BCUT2D eigenvalue weighted by Gasteiger charge is -2.16. The fourth-order valence-electron chi connectivity index (χ4n) is 2.62. The van der Waals surface area contributed by atoms with E-state index in [4.69, 9.17) is 0 Å². The second-order valence-electron chi connectivity index (χ2n) is 5.71. The normalized spacial score (nSPS) is 11.4. The van der Waals surface area contributed by atoms with Crippen molar-refractivity contribution in [2.75, 3.05) is 20.5 Å². The van der Waals surface area contributed by atoms with Crippen molar-refractivity contribution < 1.29 is 32.3 Å². The average Bonchev–Trinajstić information content (AvgIpc) is 3.30. The Morgan fingerprint density at radius 1 is 1.11 bits per heavy atom. The summed E-state index contributed by atoms with van der Waals surface area (Å²) in [7, 11) is -1.35. The van der Waals surface area contributed by atoms with Gasteiger partial charge in [0.15, 0.2) is 15.8 Å². The quantitative estimate of drug-likeness (QED) is 0.367. The van der Waals surface area contributed by atoms with E-state index in [-0.39, 0.29) is 29.5 Å². The minimum atomic E-state index is -3.63. The smallest absolute Gasteiger partial charge is 0.320 e. The van der Waals surface area contributed by atoms with Gasteiger partial charge in [-0.15, -0.1) is 0 Å². The molecule has 2 aromatic rings. The number of rotatable bonds is 8. The molecule has 0 radical (unpaired) electrons. The first kappa shape index (κ1) is 20.8. The first-order valence-electron chi connectivity index (χ1n) is 7.82. The highest BCUT2D eigenvalue weighted by molar-refractivity contribution is 7.90. The first-order chi connectivity index (χ1) is 12.7. The van der Waals surface area contributed by atoms with Crippen molar-refractivity contribution in [2.24, 2.45) is 5.92 Å². The van der Waals surface area contributed by atoms with E-state index in [1.54, 1.807) is 16.8 Å². The molecule has 0 aliphatic rings. The topological polar surface area (TPSA) is 109 Å². The van der Waals surface area contributed by atoms with Crippen molar-refractivity contribution in [3.8, 4) is 0 Å². The maximum absolute atomic E-state index is 12.7. The number of esters is 2. The van der Waals surface area contributed by atoms with E-state index in [0.717, 1.165) is 20.5 Å². The van der Waals surface area contributed by atoms with Crippen LogP contribution in [0.15, 0.2) is 34.0 Å². The summed E-state index contributed by atoms with van der Waals surface area (Å²) in [4.78, 5) is 36.4.